The van der Waals surface area contributed by atoms with Gasteiger partial charge in [0.05, 0.1) is 14.2 Å². The van der Waals surface area contributed by atoms with Crippen LogP contribution in [0, 0.1) is 0 Å². The first kappa shape index (κ1) is 15.8. The van der Waals surface area contributed by atoms with Crippen LogP contribution < -0.4 is 10.1 Å². The molecule has 2 rings (SSSR count). The summed E-state index contributed by atoms with van der Waals surface area (Å²) < 4.78 is 14.5. The zero-order valence-electron chi connectivity index (χ0n) is 12.6. The van der Waals surface area contributed by atoms with E-state index in [1.54, 1.807) is 18.2 Å². The molecular weight excluding hydrogens is 290 g/mol. The molecule has 0 aromatic heterocycles. The highest BCUT2D eigenvalue weighted by Gasteiger charge is 2.48. The summed E-state index contributed by atoms with van der Waals surface area (Å²) in [5, 5.41) is 2.55. The molecule has 0 aliphatic heterocycles. The van der Waals surface area contributed by atoms with Crippen LogP contribution in [0.2, 0.25) is 0 Å². The molecule has 1 amide bonds. The van der Waals surface area contributed by atoms with Crippen LogP contribution in [0.3, 0.4) is 0 Å². The average Bonchev–Trinajstić information content (AvgIpc) is 2.85. The van der Waals surface area contributed by atoms with Crippen molar-refractivity contribution in [2.45, 2.75) is 25.3 Å². The van der Waals surface area contributed by atoms with E-state index in [4.69, 9.17) is 9.47 Å². The van der Waals surface area contributed by atoms with Crippen molar-refractivity contribution in [3.63, 3.8) is 0 Å². The SMILES string of the molecule is COC(=O)N[C@@]1(C(=O)OC)CCc2ccc(OC(C)=O)cc21. The van der Waals surface area contributed by atoms with Crippen LogP contribution >= 0.6 is 0 Å². The van der Waals surface area contributed by atoms with Gasteiger partial charge in [0.15, 0.2) is 5.54 Å². The number of carbonyl (C=O) groups is 3. The highest BCUT2D eigenvalue weighted by atomic mass is 16.5. The van der Waals surface area contributed by atoms with Crippen molar-refractivity contribution in [3.8, 4) is 5.75 Å². The van der Waals surface area contributed by atoms with Crippen LogP contribution in [0.25, 0.3) is 0 Å². The van der Waals surface area contributed by atoms with Crippen molar-refractivity contribution < 1.29 is 28.6 Å². The highest BCUT2D eigenvalue weighted by molar-refractivity contribution is 5.88. The van der Waals surface area contributed by atoms with Crippen molar-refractivity contribution >= 4 is 18.0 Å². The van der Waals surface area contributed by atoms with Gasteiger partial charge in [-0.25, -0.2) is 9.59 Å². The number of ether oxygens (including phenoxy) is 3. The molecule has 1 aliphatic carbocycles. The second-order valence-electron chi connectivity index (χ2n) is 4.93. The number of rotatable bonds is 3. The molecule has 7 nitrogen and oxygen atoms in total. The Hall–Kier alpha value is -2.57. The number of esters is 2. The largest absolute Gasteiger partial charge is 0.467 e. The molecule has 1 atom stereocenters. The zero-order valence-corrected chi connectivity index (χ0v) is 12.6. The van der Waals surface area contributed by atoms with Gasteiger partial charge >= 0.3 is 18.0 Å². The molecular formula is C15H17NO6. The van der Waals surface area contributed by atoms with E-state index in [-0.39, 0.29) is 0 Å². The third-order valence-corrected chi connectivity index (χ3v) is 3.61. The van der Waals surface area contributed by atoms with Crippen LogP contribution in [0.1, 0.15) is 24.5 Å². The Balaban J connectivity index is 2.48. The van der Waals surface area contributed by atoms with E-state index in [2.05, 4.69) is 10.1 Å². The van der Waals surface area contributed by atoms with Crippen LogP contribution in [0.5, 0.6) is 5.75 Å². The summed E-state index contributed by atoms with van der Waals surface area (Å²) in [6.45, 7) is 1.29. The molecule has 22 heavy (non-hydrogen) atoms. The fraction of sp³-hybridized carbons (Fsp3) is 0.400. The molecule has 1 aliphatic rings. The van der Waals surface area contributed by atoms with E-state index < -0.39 is 23.6 Å². The first-order chi connectivity index (χ1) is 10.4. The molecule has 118 valence electrons. The van der Waals surface area contributed by atoms with E-state index in [1.807, 2.05) is 0 Å². The number of fused-ring (bicyclic) bond motifs is 1. The standard InChI is InChI=1S/C15H17NO6/c1-9(17)22-11-5-4-10-6-7-15(12(10)8-11,13(18)20-2)16-14(19)21-3/h4-5,8H,6-7H2,1-3H3,(H,16,19)/t15-/m0/s1. The van der Waals surface area contributed by atoms with Crippen molar-refractivity contribution in [1.29, 1.82) is 0 Å². The highest BCUT2D eigenvalue weighted by Crippen LogP contribution is 2.40. The normalized spacial score (nSPS) is 19.0. The van der Waals surface area contributed by atoms with E-state index in [9.17, 15) is 14.4 Å². The first-order valence-electron chi connectivity index (χ1n) is 6.69. The fourth-order valence-electron chi connectivity index (χ4n) is 2.65. The summed E-state index contributed by atoms with van der Waals surface area (Å²) in [7, 11) is 2.46. The minimum Gasteiger partial charge on any atom is -0.467 e. The summed E-state index contributed by atoms with van der Waals surface area (Å²) in [4.78, 5) is 35.0. The lowest BCUT2D eigenvalue weighted by Crippen LogP contribution is -2.51. The summed E-state index contributed by atoms with van der Waals surface area (Å²) in [6, 6.07) is 4.97. The molecule has 0 radical (unpaired) electrons. The van der Waals surface area contributed by atoms with E-state index in [0.29, 0.717) is 24.2 Å². The number of aryl methyl sites for hydroxylation is 1. The van der Waals surface area contributed by atoms with Gasteiger partial charge in [-0.05, 0) is 36.1 Å². The number of methoxy groups -OCH3 is 2. The molecule has 0 spiro atoms. The summed E-state index contributed by atoms with van der Waals surface area (Å²) in [5.41, 5.74) is 0.0778. The molecule has 7 heteroatoms. The Morgan fingerprint density at radius 2 is 1.91 bits per heavy atom. The molecule has 0 saturated carbocycles. The quantitative estimate of drug-likeness (QED) is 0.668. The number of benzene rings is 1. The lowest BCUT2D eigenvalue weighted by atomic mass is 9.91. The van der Waals surface area contributed by atoms with Gasteiger partial charge in [0, 0.05) is 6.92 Å². The zero-order chi connectivity index (χ0) is 16.3. The maximum absolute atomic E-state index is 12.3. The Kier molecular flexibility index (Phi) is 4.35. The monoisotopic (exact) mass is 307 g/mol. The molecule has 0 heterocycles. The molecule has 1 aromatic carbocycles. The van der Waals surface area contributed by atoms with E-state index in [1.165, 1.54) is 21.1 Å². The van der Waals surface area contributed by atoms with Gasteiger partial charge in [-0.1, -0.05) is 6.07 Å². The van der Waals surface area contributed by atoms with Crippen LogP contribution in [-0.4, -0.2) is 32.3 Å². The summed E-state index contributed by atoms with van der Waals surface area (Å²) in [5.74, 6) is -0.771. The molecule has 1 N–H and O–H groups in total. The molecule has 0 bridgehead atoms. The predicted molar refractivity (Wildman–Crippen MR) is 75.3 cm³/mol. The van der Waals surface area contributed by atoms with Crippen molar-refractivity contribution in [3.05, 3.63) is 29.3 Å². The minimum absolute atomic E-state index is 0.299. The lowest BCUT2D eigenvalue weighted by Gasteiger charge is -2.28. The van der Waals surface area contributed by atoms with Gasteiger partial charge in [-0.3, -0.25) is 4.79 Å². The number of carbonyl (C=O) groups excluding carboxylic acids is 3. The van der Waals surface area contributed by atoms with Gasteiger partial charge in [-0.15, -0.1) is 0 Å². The summed E-state index contributed by atoms with van der Waals surface area (Å²) in [6.07, 6.45) is 0.179. The first-order valence-corrected chi connectivity index (χ1v) is 6.69. The Morgan fingerprint density at radius 1 is 1.18 bits per heavy atom. The predicted octanol–water partition coefficient (Wildman–Crippen LogP) is 1.28. The maximum atomic E-state index is 12.3. The molecule has 0 unspecified atom stereocenters. The summed E-state index contributed by atoms with van der Waals surface area (Å²) >= 11 is 0. The number of hydrogen-bond donors (Lipinski definition) is 1. The van der Waals surface area contributed by atoms with Crippen molar-refractivity contribution in [2.24, 2.45) is 0 Å². The average molecular weight is 307 g/mol. The number of nitrogens with one attached hydrogen (secondary N) is 1. The third kappa shape index (κ3) is 2.74. The number of hydrogen-bond acceptors (Lipinski definition) is 6. The van der Waals surface area contributed by atoms with Crippen LogP contribution in [0.15, 0.2) is 18.2 Å². The molecule has 1 aromatic rings. The van der Waals surface area contributed by atoms with Crippen molar-refractivity contribution in [2.75, 3.05) is 14.2 Å². The van der Waals surface area contributed by atoms with E-state index in [0.717, 1.165) is 5.56 Å². The second kappa shape index (κ2) is 6.05. The topological polar surface area (TPSA) is 90.9 Å². The van der Waals surface area contributed by atoms with Crippen molar-refractivity contribution in [1.82, 2.24) is 5.32 Å². The van der Waals surface area contributed by atoms with Crippen LogP contribution in [0.4, 0.5) is 4.79 Å². The van der Waals surface area contributed by atoms with Gasteiger partial charge in [0.25, 0.3) is 0 Å². The number of alkyl carbamates (subject to hydrolysis) is 1. The Labute approximate surface area is 127 Å². The fourth-order valence-corrected chi connectivity index (χ4v) is 2.65. The maximum Gasteiger partial charge on any atom is 0.408 e. The Morgan fingerprint density at radius 3 is 2.50 bits per heavy atom. The van der Waals surface area contributed by atoms with Gasteiger partial charge < -0.3 is 19.5 Å². The third-order valence-electron chi connectivity index (χ3n) is 3.61. The smallest absolute Gasteiger partial charge is 0.408 e. The minimum atomic E-state index is -1.34. The van der Waals surface area contributed by atoms with Crippen LogP contribution in [-0.2, 0) is 31.0 Å². The van der Waals surface area contributed by atoms with Gasteiger partial charge in [-0.2, -0.15) is 0 Å². The Bertz CT molecular complexity index is 626. The van der Waals surface area contributed by atoms with E-state index >= 15 is 0 Å². The molecule has 0 fully saturated rings. The van der Waals surface area contributed by atoms with Gasteiger partial charge in [0.1, 0.15) is 5.75 Å². The van der Waals surface area contributed by atoms with Gasteiger partial charge in [0.2, 0.25) is 0 Å². The lowest BCUT2D eigenvalue weighted by molar-refractivity contribution is -0.148. The number of amides is 1. The second-order valence-corrected chi connectivity index (χ2v) is 4.93. The molecule has 0 saturated heterocycles.